The van der Waals surface area contributed by atoms with Gasteiger partial charge in [-0.25, -0.2) is 0 Å². The molecule has 0 bridgehead atoms. The number of carbonyl (C=O) groups excluding carboxylic acids is 1. The van der Waals surface area contributed by atoms with Gasteiger partial charge in [-0.3, -0.25) is 4.79 Å². The molecule has 2 aromatic carbocycles. The highest BCUT2D eigenvalue weighted by Gasteiger charge is 2.31. The maximum absolute atomic E-state index is 12.1. The summed E-state index contributed by atoms with van der Waals surface area (Å²) < 4.78 is 0. The Bertz CT molecular complexity index is 693. The molecule has 0 fully saturated rings. The molecule has 20 heavy (non-hydrogen) atoms. The first-order chi connectivity index (χ1) is 9.70. The molecule has 2 aromatic rings. The van der Waals surface area contributed by atoms with Gasteiger partial charge in [0.25, 0.3) is 5.91 Å². The molecule has 4 heteroatoms. The number of oxime groups is 1. The number of carbonyl (C=O) groups is 1. The summed E-state index contributed by atoms with van der Waals surface area (Å²) in [6, 6.07) is 15.4. The number of hydrogen-bond donors (Lipinski definition) is 2. The smallest absolute Gasteiger partial charge is 0.274 e. The largest absolute Gasteiger partial charge is 0.410 e. The van der Waals surface area contributed by atoms with Crippen LogP contribution in [0.15, 0.2) is 53.7 Å². The summed E-state index contributed by atoms with van der Waals surface area (Å²) in [7, 11) is 0. The average molecular weight is 266 g/mol. The average Bonchev–Trinajstić information content (AvgIpc) is 2.47. The monoisotopic (exact) mass is 266 g/mol. The van der Waals surface area contributed by atoms with Crippen molar-refractivity contribution in [3.05, 3.63) is 70.8 Å². The minimum atomic E-state index is -0.362. The molecule has 0 radical (unpaired) electrons. The van der Waals surface area contributed by atoms with E-state index in [9.17, 15) is 4.79 Å². The van der Waals surface area contributed by atoms with Crippen molar-refractivity contribution in [3.63, 3.8) is 0 Å². The van der Waals surface area contributed by atoms with Gasteiger partial charge in [0.15, 0.2) is 5.71 Å². The van der Waals surface area contributed by atoms with E-state index < -0.39 is 0 Å². The molecule has 100 valence electrons. The Morgan fingerprint density at radius 1 is 1.15 bits per heavy atom. The Kier molecular flexibility index (Phi) is 2.99. The molecule has 1 amide bonds. The zero-order chi connectivity index (χ0) is 14.1. The number of amides is 1. The Balaban J connectivity index is 2.19. The molecule has 0 aromatic heterocycles. The minimum absolute atomic E-state index is 0.0656. The maximum Gasteiger partial charge on any atom is 0.274 e. The zero-order valence-corrected chi connectivity index (χ0v) is 11.0. The van der Waals surface area contributed by atoms with Crippen LogP contribution in [0.1, 0.15) is 28.3 Å². The fourth-order valence-corrected chi connectivity index (χ4v) is 2.53. The van der Waals surface area contributed by atoms with Gasteiger partial charge in [-0.15, -0.1) is 0 Å². The fourth-order valence-electron chi connectivity index (χ4n) is 2.53. The van der Waals surface area contributed by atoms with Gasteiger partial charge in [0.2, 0.25) is 0 Å². The lowest BCUT2D eigenvalue weighted by Crippen LogP contribution is -2.41. The van der Waals surface area contributed by atoms with Crippen LogP contribution >= 0.6 is 0 Å². The zero-order valence-electron chi connectivity index (χ0n) is 11.0. The second-order valence-corrected chi connectivity index (χ2v) is 4.86. The topological polar surface area (TPSA) is 61.7 Å². The SMILES string of the molecule is Cc1ccc2c(c1)/C(=N\O)C(=O)NC2c1ccccc1. The standard InChI is InChI=1S/C16H14N2O2/c1-10-7-8-12-13(9-10)15(18-20)16(19)17-14(12)11-5-3-2-4-6-11/h2-9,14,20H,1H3,(H,17,19)/b18-15+. The molecule has 0 saturated carbocycles. The van der Waals surface area contributed by atoms with Gasteiger partial charge in [0.05, 0.1) is 6.04 Å². The van der Waals surface area contributed by atoms with E-state index in [4.69, 9.17) is 5.21 Å². The summed E-state index contributed by atoms with van der Waals surface area (Å²) >= 11 is 0. The third-order valence-electron chi connectivity index (χ3n) is 3.50. The van der Waals surface area contributed by atoms with E-state index >= 15 is 0 Å². The van der Waals surface area contributed by atoms with Gasteiger partial charge in [0.1, 0.15) is 0 Å². The van der Waals surface area contributed by atoms with Crippen molar-refractivity contribution in [3.8, 4) is 0 Å². The van der Waals surface area contributed by atoms with Gasteiger partial charge in [0, 0.05) is 5.56 Å². The summed E-state index contributed by atoms with van der Waals surface area (Å²) in [5, 5.41) is 15.1. The molecule has 0 aliphatic carbocycles. The van der Waals surface area contributed by atoms with Crippen molar-refractivity contribution in [1.82, 2.24) is 5.32 Å². The third-order valence-corrected chi connectivity index (χ3v) is 3.50. The molecule has 1 unspecified atom stereocenters. The van der Waals surface area contributed by atoms with Gasteiger partial charge < -0.3 is 10.5 Å². The van der Waals surface area contributed by atoms with E-state index in [0.29, 0.717) is 5.56 Å². The lowest BCUT2D eigenvalue weighted by atomic mass is 9.87. The van der Waals surface area contributed by atoms with E-state index in [0.717, 1.165) is 16.7 Å². The van der Waals surface area contributed by atoms with E-state index in [1.165, 1.54) is 0 Å². The molecule has 1 aliphatic heterocycles. The highest BCUT2D eigenvalue weighted by Crippen LogP contribution is 2.29. The Labute approximate surface area is 116 Å². The van der Waals surface area contributed by atoms with Crippen LogP contribution in [0.4, 0.5) is 0 Å². The normalized spacial score (nSPS) is 19.6. The first kappa shape index (κ1) is 12.4. The molecule has 0 saturated heterocycles. The van der Waals surface area contributed by atoms with Gasteiger partial charge in [-0.05, 0) is 24.1 Å². The summed E-state index contributed by atoms with van der Waals surface area (Å²) in [4.78, 5) is 12.1. The molecule has 1 atom stereocenters. The van der Waals surface area contributed by atoms with Crippen LogP contribution in [0, 0.1) is 6.92 Å². The number of rotatable bonds is 1. The molecular formula is C16H14N2O2. The van der Waals surface area contributed by atoms with E-state index in [1.54, 1.807) is 0 Å². The highest BCUT2D eigenvalue weighted by atomic mass is 16.4. The van der Waals surface area contributed by atoms with Gasteiger partial charge in [-0.1, -0.05) is 53.2 Å². The number of aryl methyl sites for hydroxylation is 1. The number of benzene rings is 2. The Morgan fingerprint density at radius 2 is 1.90 bits per heavy atom. The van der Waals surface area contributed by atoms with Crippen molar-refractivity contribution in [2.75, 3.05) is 0 Å². The van der Waals surface area contributed by atoms with Crippen LogP contribution in [-0.2, 0) is 4.79 Å². The van der Waals surface area contributed by atoms with Crippen LogP contribution in [0.3, 0.4) is 0 Å². The fraction of sp³-hybridized carbons (Fsp3) is 0.125. The first-order valence-corrected chi connectivity index (χ1v) is 6.39. The predicted octanol–water partition coefficient (Wildman–Crippen LogP) is 2.39. The summed E-state index contributed by atoms with van der Waals surface area (Å²) in [6.07, 6.45) is 0. The molecule has 4 nitrogen and oxygen atoms in total. The van der Waals surface area contributed by atoms with Crippen molar-refractivity contribution in [1.29, 1.82) is 0 Å². The predicted molar refractivity (Wildman–Crippen MR) is 75.9 cm³/mol. The Hall–Kier alpha value is -2.62. The number of hydrogen-bond acceptors (Lipinski definition) is 3. The van der Waals surface area contributed by atoms with Crippen molar-refractivity contribution in [2.24, 2.45) is 5.16 Å². The van der Waals surface area contributed by atoms with Crippen LogP contribution in [0.5, 0.6) is 0 Å². The number of nitrogens with one attached hydrogen (secondary N) is 1. The van der Waals surface area contributed by atoms with E-state index in [-0.39, 0.29) is 17.7 Å². The third kappa shape index (κ3) is 1.95. The van der Waals surface area contributed by atoms with Crippen molar-refractivity contribution >= 4 is 11.6 Å². The highest BCUT2D eigenvalue weighted by molar-refractivity contribution is 6.46. The summed E-state index contributed by atoms with van der Waals surface area (Å²) in [6.45, 7) is 1.94. The second-order valence-electron chi connectivity index (χ2n) is 4.86. The first-order valence-electron chi connectivity index (χ1n) is 6.39. The number of nitrogens with zero attached hydrogens (tertiary/aromatic N) is 1. The molecule has 1 heterocycles. The molecule has 2 N–H and O–H groups in total. The second kappa shape index (κ2) is 4.81. The molecule has 1 aliphatic rings. The molecule has 0 spiro atoms. The minimum Gasteiger partial charge on any atom is -0.410 e. The summed E-state index contributed by atoms with van der Waals surface area (Å²) in [5.41, 5.74) is 3.71. The lowest BCUT2D eigenvalue weighted by Gasteiger charge is -2.27. The lowest BCUT2D eigenvalue weighted by molar-refractivity contribution is -0.115. The van der Waals surface area contributed by atoms with Crippen LogP contribution in [-0.4, -0.2) is 16.8 Å². The number of fused-ring (bicyclic) bond motifs is 1. The van der Waals surface area contributed by atoms with Gasteiger partial charge in [-0.2, -0.15) is 0 Å². The molecule has 3 rings (SSSR count). The van der Waals surface area contributed by atoms with Crippen LogP contribution in [0.2, 0.25) is 0 Å². The summed E-state index contributed by atoms with van der Waals surface area (Å²) in [5.74, 6) is -0.362. The van der Waals surface area contributed by atoms with Crippen LogP contribution < -0.4 is 5.32 Å². The van der Waals surface area contributed by atoms with Crippen molar-refractivity contribution in [2.45, 2.75) is 13.0 Å². The van der Waals surface area contributed by atoms with Gasteiger partial charge >= 0.3 is 0 Å². The van der Waals surface area contributed by atoms with Crippen LogP contribution in [0.25, 0.3) is 0 Å². The van der Waals surface area contributed by atoms with Crippen molar-refractivity contribution < 1.29 is 10.0 Å². The Morgan fingerprint density at radius 3 is 2.60 bits per heavy atom. The quantitative estimate of drug-likeness (QED) is 0.615. The molecular weight excluding hydrogens is 252 g/mol. The maximum atomic E-state index is 12.1. The van der Waals surface area contributed by atoms with E-state index in [2.05, 4.69) is 10.5 Å². The van der Waals surface area contributed by atoms with E-state index in [1.807, 2.05) is 55.5 Å².